The van der Waals surface area contributed by atoms with Crippen LogP contribution < -0.4 is 10.1 Å². The highest BCUT2D eigenvalue weighted by Crippen LogP contribution is 2.24. The topological polar surface area (TPSA) is 87.2 Å². The van der Waals surface area contributed by atoms with Gasteiger partial charge in [0.05, 0.1) is 18.5 Å². The first-order valence-corrected chi connectivity index (χ1v) is 11.4. The zero-order valence-electron chi connectivity index (χ0n) is 18.9. The molecule has 0 bridgehead atoms. The number of aromatic nitrogens is 2. The molecule has 1 heterocycles. The third-order valence-electron chi connectivity index (χ3n) is 5.57. The van der Waals surface area contributed by atoms with E-state index in [4.69, 9.17) is 4.74 Å². The van der Waals surface area contributed by atoms with Crippen LogP contribution in [0, 0.1) is 0 Å². The molecule has 1 aromatic heterocycles. The number of benzene rings is 2. The lowest BCUT2D eigenvalue weighted by Crippen LogP contribution is -2.35. The van der Waals surface area contributed by atoms with Gasteiger partial charge in [-0.2, -0.15) is 0 Å². The molecule has 0 unspecified atom stereocenters. The molecule has 6 nitrogen and oxygen atoms in total. The minimum Gasteiger partial charge on any atom is -0.494 e. The maximum atomic E-state index is 11.2. The van der Waals surface area contributed by atoms with Crippen LogP contribution in [0.3, 0.4) is 0 Å². The van der Waals surface area contributed by atoms with E-state index in [0.717, 1.165) is 47.0 Å². The first-order chi connectivity index (χ1) is 15.6. The van der Waals surface area contributed by atoms with E-state index in [-0.39, 0.29) is 0 Å². The monoisotopic (exact) mass is 435 g/mol. The zero-order chi connectivity index (χ0) is 22.8. The number of rotatable bonds is 13. The number of carboxylic acids is 1. The Morgan fingerprint density at radius 1 is 1.03 bits per heavy atom. The Labute approximate surface area is 190 Å². The highest BCUT2D eigenvalue weighted by Gasteiger charge is 2.15. The van der Waals surface area contributed by atoms with Gasteiger partial charge in [-0.15, -0.1) is 0 Å². The van der Waals surface area contributed by atoms with Crippen molar-refractivity contribution in [3.05, 3.63) is 60.3 Å². The minimum absolute atomic E-state index is 0.433. The second-order valence-corrected chi connectivity index (χ2v) is 8.01. The van der Waals surface area contributed by atoms with Crippen molar-refractivity contribution in [3.63, 3.8) is 0 Å². The van der Waals surface area contributed by atoms with Crippen LogP contribution in [0.5, 0.6) is 5.75 Å². The normalized spacial score (nSPS) is 11.9. The number of likely N-dealkylation sites (N-methyl/N-ethyl adjacent to an activating group) is 1. The molecule has 0 radical (unpaired) electrons. The maximum Gasteiger partial charge on any atom is 0.321 e. The van der Waals surface area contributed by atoms with Crippen molar-refractivity contribution in [2.24, 2.45) is 0 Å². The molecule has 0 aliphatic carbocycles. The first-order valence-electron chi connectivity index (χ1n) is 11.4. The quantitative estimate of drug-likeness (QED) is 0.317. The largest absolute Gasteiger partial charge is 0.494 e. The van der Waals surface area contributed by atoms with Gasteiger partial charge >= 0.3 is 5.97 Å². The number of imidazole rings is 1. The van der Waals surface area contributed by atoms with Gasteiger partial charge in [0.2, 0.25) is 0 Å². The van der Waals surface area contributed by atoms with Crippen LogP contribution in [0.2, 0.25) is 0 Å². The number of hydrogen-bond acceptors (Lipinski definition) is 4. The average molecular weight is 436 g/mol. The molecule has 6 heteroatoms. The molecule has 0 spiro atoms. The average Bonchev–Trinajstić information content (AvgIpc) is 3.30. The number of H-pyrrole nitrogens is 1. The Bertz CT molecular complexity index is 965. The van der Waals surface area contributed by atoms with Crippen LogP contribution in [0.4, 0.5) is 0 Å². The third kappa shape index (κ3) is 6.69. The van der Waals surface area contributed by atoms with Crippen LogP contribution in [0.1, 0.15) is 44.6 Å². The van der Waals surface area contributed by atoms with Crippen LogP contribution in [0.15, 0.2) is 54.7 Å². The lowest BCUT2D eigenvalue weighted by Gasteiger charge is -2.11. The van der Waals surface area contributed by atoms with Crippen LogP contribution in [-0.4, -0.2) is 40.7 Å². The summed E-state index contributed by atoms with van der Waals surface area (Å²) in [5.74, 6) is 0.818. The molecule has 0 amide bonds. The Morgan fingerprint density at radius 3 is 2.38 bits per heavy atom. The fourth-order valence-electron chi connectivity index (χ4n) is 3.59. The summed E-state index contributed by atoms with van der Waals surface area (Å²) in [5, 5.41) is 12.0. The molecule has 0 saturated heterocycles. The van der Waals surface area contributed by atoms with E-state index in [9.17, 15) is 9.90 Å². The highest BCUT2D eigenvalue weighted by molar-refractivity contribution is 5.74. The van der Waals surface area contributed by atoms with E-state index in [1.165, 1.54) is 25.7 Å². The van der Waals surface area contributed by atoms with Gasteiger partial charge in [0.15, 0.2) is 0 Å². The molecule has 3 rings (SSSR count). The van der Waals surface area contributed by atoms with E-state index < -0.39 is 12.0 Å². The third-order valence-corrected chi connectivity index (χ3v) is 5.57. The van der Waals surface area contributed by atoms with Crippen LogP contribution >= 0.6 is 0 Å². The van der Waals surface area contributed by atoms with E-state index in [2.05, 4.69) is 22.2 Å². The number of unbranched alkanes of at least 4 members (excludes halogenated alkanes) is 4. The van der Waals surface area contributed by atoms with Gasteiger partial charge in [-0.3, -0.25) is 4.79 Å². The van der Waals surface area contributed by atoms with Gasteiger partial charge in [-0.05, 0) is 55.3 Å². The number of carbonyl (C=O) groups is 1. The molecule has 32 heavy (non-hydrogen) atoms. The molecule has 0 aliphatic rings. The number of ether oxygens (including phenoxy) is 1. The number of carboxylic acid groups (broad SMARTS) is 1. The lowest BCUT2D eigenvalue weighted by molar-refractivity contribution is -0.139. The molecule has 0 aliphatic heterocycles. The summed E-state index contributed by atoms with van der Waals surface area (Å²) in [5.41, 5.74) is 3.91. The number of aliphatic carboxylic acids is 1. The molecular weight excluding hydrogens is 402 g/mol. The highest BCUT2D eigenvalue weighted by atomic mass is 16.5. The molecule has 3 N–H and O–H groups in total. The van der Waals surface area contributed by atoms with Gasteiger partial charge in [-0.1, -0.05) is 56.9 Å². The van der Waals surface area contributed by atoms with Crippen molar-refractivity contribution in [2.75, 3.05) is 13.7 Å². The number of aromatic amines is 1. The molecule has 3 aromatic rings. The molecular formula is C26H33N3O3. The number of nitrogens with one attached hydrogen (secondary N) is 2. The van der Waals surface area contributed by atoms with Crippen molar-refractivity contribution in [3.8, 4) is 28.4 Å². The molecule has 0 fully saturated rings. The number of hydrogen-bond donors (Lipinski definition) is 3. The fraction of sp³-hybridized carbons (Fsp3) is 0.385. The van der Waals surface area contributed by atoms with Gasteiger partial charge in [-0.25, -0.2) is 4.98 Å². The Hall–Kier alpha value is -3.12. The van der Waals surface area contributed by atoms with E-state index >= 15 is 0 Å². The van der Waals surface area contributed by atoms with Crippen LogP contribution in [0.25, 0.3) is 22.6 Å². The number of nitrogens with zero attached hydrogens (tertiary/aromatic N) is 1. The summed E-state index contributed by atoms with van der Waals surface area (Å²) in [6, 6.07) is 15.3. The molecule has 1 atom stereocenters. The second kappa shape index (κ2) is 12.1. The summed E-state index contributed by atoms with van der Waals surface area (Å²) in [6.45, 7) is 2.98. The SMILES string of the molecule is CCCCCCCOc1ccc(-c2cnc(-c3ccc(C[C@H](NC)C(=O)O)cc3)[nH]2)cc1. The van der Waals surface area contributed by atoms with E-state index in [1.807, 2.05) is 54.7 Å². The summed E-state index contributed by atoms with van der Waals surface area (Å²) in [4.78, 5) is 19.1. The molecule has 0 saturated carbocycles. The standard InChI is InChI=1S/C26H33N3O3/c1-3-4-5-6-7-16-32-22-14-12-20(13-15-22)24-18-28-25(29-24)21-10-8-19(9-11-21)17-23(27-2)26(30)31/h8-15,18,23,27H,3-7,16-17H2,1-2H3,(H,28,29)(H,30,31)/t23-/m0/s1. The van der Waals surface area contributed by atoms with Crippen LogP contribution in [-0.2, 0) is 11.2 Å². The van der Waals surface area contributed by atoms with Gasteiger partial charge in [0.1, 0.15) is 17.6 Å². The van der Waals surface area contributed by atoms with E-state index in [1.54, 1.807) is 7.05 Å². The maximum absolute atomic E-state index is 11.2. The Morgan fingerprint density at radius 2 is 1.72 bits per heavy atom. The minimum atomic E-state index is -0.851. The summed E-state index contributed by atoms with van der Waals surface area (Å²) in [6.07, 6.45) is 8.41. The zero-order valence-corrected chi connectivity index (χ0v) is 18.9. The summed E-state index contributed by atoms with van der Waals surface area (Å²) >= 11 is 0. The summed E-state index contributed by atoms with van der Waals surface area (Å²) < 4.78 is 5.85. The van der Waals surface area contributed by atoms with Gasteiger partial charge < -0.3 is 20.1 Å². The first kappa shape index (κ1) is 23.5. The van der Waals surface area contributed by atoms with Crippen molar-refractivity contribution in [2.45, 2.75) is 51.5 Å². The molecule has 170 valence electrons. The Kier molecular flexibility index (Phi) is 8.87. The predicted molar refractivity (Wildman–Crippen MR) is 128 cm³/mol. The predicted octanol–water partition coefficient (Wildman–Crippen LogP) is 5.31. The van der Waals surface area contributed by atoms with Crippen molar-refractivity contribution in [1.29, 1.82) is 0 Å². The van der Waals surface area contributed by atoms with E-state index in [0.29, 0.717) is 6.42 Å². The van der Waals surface area contributed by atoms with Gasteiger partial charge in [0, 0.05) is 5.56 Å². The lowest BCUT2D eigenvalue weighted by atomic mass is 10.0. The summed E-state index contributed by atoms with van der Waals surface area (Å²) in [7, 11) is 1.66. The van der Waals surface area contributed by atoms with Crippen molar-refractivity contribution < 1.29 is 14.6 Å². The Balaban J connectivity index is 1.56. The fourth-order valence-corrected chi connectivity index (χ4v) is 3.59. The van der Waals surface area contributed by atoms with Crippen molar-refractivity contribution >= 4 is 5.97 Å². The van der Waals surface area contributed by atoms with Crippen molar-refractivity contribution in [1.82, 2.24) is 15.3 Å². The smallest absolute Gasteiger partial charge is 0.321 e. The van der Waals surface area contributed by atoms with Gasteiger partial charge in [0.25, 0.3) is 0 Å². The molecule has 2 aromatic carbocycles. The second-order valence-electron chi connectivity index (χ2n) is 8.01.